The molecule has 0 radical (unpaired) electrons. The lowest BCUT2D eigenvalue weighted by atomic mass is 9.91. The second kappa shape index (κ2) is 6.54. The molecule has 20 heavy (non-hydrogen) atoms. The number of hydrogen-bond acceptors (Lipinski definition) is 4. The van der Waals surface area contributed by atoms with E-state index in [9.17, 15) is 9.59 Å². The van der Waals surface area contributed by atoms with Crippen molar-refractivity contribution >= 4 is 11.8 Å². The Morgan fingerprint density at radius 1 is 1.35 bits per heavy atom. The van der Waals surface area contributed by atoms with Gasteiger partial charge in [-0.3, -0.25) is 9.59 Å². The number of ether oxygens (including phenoxy) is 1. The minimum Gasteiger partial charge on any atom is -0.381 e. The number of likely N-dealkylation sites (tertiary alicyclic amines) is 1. The Morgan fingerprint density at radius 2 is 2.00 bits per heavy atom. The van der Waals surface area contributed by atoms with Gasteiger partial charge in [0, 0.05) is 25.8 Å². The van der Waals surface area contributed by atoms with E-state index in [1.807, 2.05) is 13.8 Å². The van der Waals surface area contributed by atoms with Gasteiger partial charge in [0.25, 0.3) is 0 Å². The minimum atomic E-state index is -0.542. The van der Waals surface area contributed by atoms with Crippen LogP contribution in [0.25, 0.3) is 0 Å². The molecule has 0 aromatic carbocycles. The molecule has 2 rings (SSSR count). The maximum absolute atomic E-state index is 12.2. The third kappa shape index (κ3) is 3.30. The Bertz CT molecular complexity index is 367. The average Bonchev–Trinajstić information content (AvgIpc) is 2.80. The van der Waals surface area contributed by atoms with Crippen molar-refractivity contribution in [1.29, 1.82) is 0 Å². The summed E-state index contributed by atoms with van der Waals surface area (Å²) in [4.78, 5) is 26.1. The molecule has 2 aliphatic rings. The maximum Gasteiger partial charge on any atom is 0.245 e. The van der Waals surface area contributed by atoms with Crippen molar-refractivity contribution in [3.63, 3.8) is 0 Å². The highest BCUT2D eigenvalue weighted by molar-refractivity contribution is 5.91. The van der Waals surface area contributed by atoms with Crippen LogP contribution in [-0.4, -0.2) is 54.6 Å². The topological polar surface area (TPSA) is 84.7 Å². The summed E-state index contributed by atoms with van der Waals surface area (Å²) in [7, 11) is 0. The normalized spacial score (nSPS) is 26.1. The minimum absolute atomic E-state index is 0.00697. The molecule has 2 saturated heterocycles. The highest BCUT2D eigenvalue weighted by Gasteiger charge is 2.36. The Hall–Kier alpha value is -1.14. The van der Waals surface area contributed by atoms with Crippen molar-refractivity contribution in [2.24, 2.45) is 11.7 Å². The fraction of sp³-hybridized carbons (Fsp3) is 0.857. The summed E-state index contributed by atoms with van der Waals surface area (Å²) in [6, 6.07) is -0.774. The smallest absolute Gasteiger partial charge is 0.245 e. The number of nitrogens with two attached hydrogens (primary N) is 1. The molecule has 2 atom stereocenters. The van der Waals surface area contributed by atoms with Crippen LogP contribution in [-0.2, 0) is 14.3 Å². The number of carbonyl (C=O) groups excluding carboxylic acids is 2. The van der Waals surface area contributed by atoms with E-state index in [4.69, 9.17) is 10.5 Å². The van der Waals surface area contributed by atoms with Crippen molar-refractivity contribution in [2.75, 3.05) is 19.8 Å². The van der Waals surface area contributed by atoms with Crippen molar-refractivity contribution < 1.29 is 14.3 Å². The van der Waals surface area contributed by atoms with E-state index in [-0.39, 0.29) is 23.8 Å². The van der Waals surface area contributed by atoms with Crippen LogP contribution in [0.5, 0.6) is 0 Å². The van der Waals surface area contributed by atoms with Crippen LogP contribution in [0.4, 0.5) is 0 Å². The summed E-state index contributed by atoms with van der Waals surface area (Å²) in [6.07, 6.45) is 2.29. The van der Waals surface area contributed by atoms with Gasteiger partial charge in [0.15, 0.2) is 0 Å². The lowest BCUT2D eigenvalue weighted by Gasteiger charge is -2.27. The van der Waals surface area contributed by atoms with Crippen LogP contribution in [0.15, 0.2) is 0 Å². The Labute approximate surface area is 120 Å². The molecule has 114 valence electrons. The average molecular weight is 283 g/mol. The van der Waals surface area contributed by atoms with Gasteiger partial charge in [-0.05, 0) is 39.0 Å². The molecular weight excluding hydrogens is 258 g/mol. The fourth-order valence-corrected chi connectivity index (χ4v) is 2.91. The number of nitrogens with one attached hydrogen (secondary N) is 1. The lowest BCUT2D eigenvalue weighted by molar-refractivity contribution is -0.134. The summed E-state index contributed by atoms with van der Waals surface area (Å²) < 4.78 is 5.27. The standard InChI is InChI=1S/C14H25N3O3/c1-9(2)17-6-3-11(14(17)19)16-13(18)12(15)10-4-7-20-8-5-10/h9-12H,3-8,15H2,1-2H3,(H,16,18). The van der Waals surface area contributed by atoms with Gasteiger partial charge in [0.05, 0.1) is 6.04 Å². The van der Waals surface area contributed by atoms with E-state index in [0.717, 1.165) is 12.8 Å². The molecule has 2 unspecified atom stereocenters. The maximum atomic E-state index is 12.2. The zero-order valence-corrected chi connectivity index (χ0v) is 12.3. The summed E-state index contributed by atoms with van der Waals surface area (Å²) >= 11 is 0. The predicted octanol–water partition coefficient (Wildman–Crippen LogP) is -0.134. The van der Waals surface area contributed by atoms with E-state index < -0.39 is 12.1 Å². The summed E-state index contributed by atoms with van der Waals surface area (Å²) in [5.41, 5.74) is 6.02. The lowest BCUT2D eigenvalue weighted by Crippen LogP contribution is -2.52. The Kier molecular flexibility index (Phi) is 4.99. The highest BCUT2D eigenvalue weighted by Crippen LogP contribution is 2.19. The highest BCUT2D eigenvalue weighted by atomic mass is 16.5. The molecule has 0 bridgehead atoms. The zero-order valence-electron chi connectivity index (χ0n) is 12.3. The van der Waals surface area contributed by atoms with Gasteiger partial charge >= 0.3 is 0 Å². The second-order valence-electron chi connectivity index (χ2n) is 5.95. The molecule has 2 fully saturated rings. The van der Waals surface area contributed by atoms with E-state index in [0.29, 0.717) is 26.2 Å². The number of hydrogen-bond donors (Lipinski definition) is 2. The van der Waals surface area contributed by atoms with Crippen LogP contribution >= 0.6 is 0 Å². The second-order valence-corrected chi connectivity index (χ2v) is 5.95. The van der Waals surface area contributed by atoms with Gasteiger partial charge in [-0.2, -0.15) is 0 Å². The van der Waals surface area contributed by atoms with Gasteiger partial charge in [-0.15, -0.1) is 0 Å². The number of amides is 2. The van der Waals surface area contributed by atoms with Crippen molar-refractivity contribution in [2.45, 2.75) is 51.2 Å². The molecule has 2 amide bonds. The fourth-order valence-electron chi connectivity index (χ4n) is 2.91. The Balaban J connectivity index is 1.86. The molecule has 0 spiro atoms. The summed E-state index contributed by atoms with van der Waals surface area (Å²) in [6.45, 7) is 5.99. The molecule has 3 N–H and O–H groups in total. The quantitative estimate of drug-likeness (QED) is 0.752. The van der Waals surface area contributed by atoms with Crippen LogP contribution in [0.1, 0.15) is 33.1 Å². The molecule has 0 saturated carbocycles. The first kappa shape index (κ1) is 15.3. The molecular formula is C14H25N3O3. The third-order valence-corrected chi connectivity index (χ3v) is 4.26. The van der Waals surface area contributed by atoms with E-state index >= 15 is 0 Å². The largest absolute Gasteiger partial charge is 0.381 e. The monoisotopic (exact) mass is 283 g/mol. The first-order valence-corrected chi connectivity index (χ1v) is 7.45. The van der Waals surface area contributed by atoms with Crippen molar-refractivity contribution in [3.05, 3.63) is 0 Å². The summed E-state index contributed by atoms with van der Waals surface area (Å²) in [5.74, 6) is -0.0464. The molecule has 0 aromatic heterocycles. The zero-order chi connectivity index (χ0) is 14.7. The van der Waals surface area contributed by atoms with Crippen LogP contribution in [0, 0.1) is 5.92 Å². The molecule has 2 aliphatic heterocycles. The van der Waals surface area contributed by atoms with Crippen molar-refractivity contribution in [1.82, 2.24) is 10.2 Å². The number of rotatable bonds is 4. The third-order valence-electron chi connectivity index (χ3n) is 4.26. The first-order valence-electron chi connectivity index (χ1n) is 7.45. The number of nitrogens with zero attached hydrogens (tertiary/aromatic N) is 1. The SMILES string of the molecule is CC(C)N1CCC(NC(=O)C(N)C2CCOCC2)C1=O. The van der Waals surface area contributed by atoms with Crippen LogP contribution in [0.2, 0.25) is 0 Å². The molecule has 6 nitrogen and oxygen atoms in total. The van der Waals surface area contributed by atoms with E-state index in [2.05, 4.69) is 5.32 Å². The van der Waals surface area contributed by atoms with E-state index in [1.165, 1.54) is 0 Å². The molecule has 6 heteroatoms. The Morgan fingerprint density at radius 3 is 2.55 bits per heavy atom. The predicted molar refractivity (Wildman–Crippen MR) is 74.9 cm³/mol. The van der Waals surface area contributed by atoms with Gasteiger partial charge in [-0.25, -0.2) is 0 Å². The molecule has 0 aliphatic carbocycles. The van der Waals surface area contributed by atoms with Gasteiger partial charge in [0.1, 0.15) is 6.04 Å². The van der Waals surface area contributed by atoms with E-state index in [1.54, 1.807) is 4.90 Å². The van der Waals surface area contributed by atoms with Crippen LogP contribution < -0.4 is 11.1 Å². The van der Waals surface area contributed by atoms with Gasteiger partial charge < -0.3 is 20.7 Å². The first-order chi connectivity index (χ1) is 9.50. The van der Waals surface area contributed by atoms with Gasteiger partial charge in [-0.1, -0.05) is 0 Å². The molecule has 2 heterocycles. The molecule has 0 aromatic rings. The number of carbonyl (C=O) groups is 2. The van der Waals surface area contributed by atoms with Gasteiger partial charge in [0.2, 0.25) is 11.8 Å². The summed E-state index contributed by atoms with van der Waals surface area (Å²) in [5, 5.41) is 2.81. The van der Waals surface area contributed by atoms with Crippen molar-refractivity contribution in [3.8, 4) is 0 Å². The van der Waals surface area contributed by atoms with Crippen LogP contribution in [0.3, 0.4) is 0 Å².